The molecule has 0 spiro atoms. The molecule has 3 heteroatoms. The molecule has 2 rings (SSSR count). The predicted molar refractivity (Wildman–Crippen MR) is 88.3 cm³/mol. The molecule has 0 aromatic heterocycles. The number of ether oxygens (including phenoxy) is 1. The zero-order chi connectivity index (χ0) is 15.2. The van der Waals surface area contributed by atoms with Crippen molar-refractivity contribution in [2.24, 2.45) is 10.7 Å². The third kappa shape index (κ3) is 3.85. The number of hydrogen-bond acceptors (Lipinski definition) is 2. The lowest BCUT2D eigenvalue weighted by molar-refractivity contribution is 0.478. The molecule has 0 aliphatic rings. The minimum Gasteiger partial charge on any atom is -0.457 e. The number of aliphatic imine (C=N–C) groups is 1. The number of rotatable bonds is 5. The second-order valence-electron chi connectivity index (χ2n) is 5.11. The zero-order valence-electron chi connectivity index (χ0n) is 12.9. The molecule has 2 aromatic carbocycles. The van der Waals surface area contributed by atoms with Crippen LogP contribution >= 0.6 is 0 Å². The van der Waals surface area contributed by atoms with Crippen LogP contribution in [0.2, 0.25) is 0 Å². The van der Waals surface area contributed by atoms with E-state index in [0.717, 1.165) is 41.2 Å². The highest BCUT2D eigenvalue weighted by Crippen LogP contribution is 2.27. The van der Waals surface area contributed by atoms with E-state index in [1.54, 1.807) is 0 Å². The Morgan fingerprint density at radius 2 is 1.81 bits per heavy atom. The molecule has 0 aliphatic carbocycles. The van der Waals surface area contributed by atoms with Crippen molar-refractivity contribution >= 4 is 5.84 Å². The maximum atomic E-state index is 6.06. The summed E-state index contributed by atoms with van der Waals surface area (Å²) in [7, 11) is 0. The first-order valence-corrected chi connectivity index (χ1v) is 7.26. The summed E-state index contributed by atoms with van der Waals surface area (Å²) in [5.41, 5.74) is 9.17. The Balaban J connectivity index is 2.29. The molecule has 0 radical (unpaired) electrons. The van der Waals surface area contributed by atoms with Gasteiger partial charge in [-0.3, -0.25) is 4.99 Å². The van der Waals surface area contributed by atoms with Gasteiger partial charge in [0.25, 0.3) is 0 Å². The largest absolute Gasteiger partial charge is 0.457 e. The van der Waals surface area contributed by atoms with E-state index in [1.165, 1.54) is 0 Å². The molecular formula is C18H22N2O. The zero-order valence-corrected chi connectivity index (χ0v) is 12.9. The quantitative estimate of drug-likeness (QED) is 0.659. The molecule has 0 saturated carbocycles. The van der Waals surface area contributed by atoms with Crippen LogP contribution in [0.15, 0.2) is 47.5 Å². The summed E-state index contributed by atoms with van der Waals surface area (Å²) in [5.74, 6) is 2.29. The summed E-state index contributed by atoms with van der Waals surface area (Å²) in [6.07, 6.45) is 0.994. The average molecular weight is 282 g/mol. The summed E-state index contributed by atoms with van der Waals surface area (Å²) >= 11 is 0. The summed E-state index contributed by atoms with van der Waals surface area (Å²) in [5, 5.41) is 0. The van der Waals surface area contributed by atoms with Crippen molar-refractivity contribution in [1.29, 1.82) is 0 Å². The average Bonchev–Trinajstić information content (AvgIpc) is 2.49. The monoisotopic (exact) mass is 282 g/mol. The maximum absolute atomic E-state index is 6.06. The Morgan fingerprint density at radius 3 is 2.48 bits per heavy atom. The fourth-order valence-electron chi connectivity index (χ4n) is 2.11. The molecule has 110 valence electrons. The number of aryl methyl sites for hydroxylation is 2. The first-order valence-electron chi connectivity index (χ1n) is 7.26. The van der Waals surface area contributed by atoms with Gasteiger partial charge < -0.3 is 10.5 Å². The molecular weight excluding hydrogens is 260 g/mol. The lowest BCUT2D eigenvalue weighted by atomic mass is 10.0. The highest BCUT2D eigenvalue weighted by Gasteiger charge is 2.09. The lowest BCUT2D eigenvalue weighted by Crippen LogP contribution is -2.16. The predicted octanol–water partition coefficient (Wildman–Crippen LogP) is 4.21. The van der Waals surface area contributed by atoms with Crippen LogP contribution in [0.3, 0.4) is 0 Å². The Bertz CT molecular complexity index is 633. The minimum atomic E-state index is 0.601. The SMILES string of the molecule is CCCN=C(N)c1cc(C)c(Oc2ccccc2)cc1C. The molecule has 0 fully saturated rings. The van der Waals surface area contributed by atoms with Crippen molar-refractivity contribution < 1.29 is 4.74 Å². The van der Waals surface area contributed by atoms with Gasteiger partial charge in [-0.25, -0.2) is 0 Å². The molecule has 21 heavy (non-hydrogen) atoms. The molecule has 0 atom stereocenters. The van der Waals surface area contributed by atoms with Gasteiger partial charge in [-0.2, -0.15) is 0 Å². The van der Waals surface area contributed by atoms with Crippen LogP contribution in [-0.4, -0.2) is 12.4 Å². The molecule has 2 N–H and O–H groups in total. The normalized spacial score (nSPS) is 11.5. The molecule has 0 heterocycles. The third-order valence-corrected chi connectivity index (χ3v) is 3.27. The van der Waals surface area contributed by atoms with Crippen molar-refractivity contribution in [2.45, 2.75) is 27.2 Å². The molecule has 0 bridgehead atoms. The molecule has 0 saturated heterocycles. The van der Waals surface area contributed by atoms with Gasteiger partial charge in [0.05, 0.1) is 0 Å². The molecule has 0 amide bonds. The molecule has 0 aliphatic heterocycles. The van der Waals surface area contributed by atoms with Crippen molar-refractivity contribution in [2.75, 3.05) is 6.54 Å². The standard InChI is InChI=1S/C18H22N2O/c1-4-10-20-18(19)16-11-14(3)17(12-13(16)2)21-15-8-6-5-7-9-15/h5-9,11-12H,4,10H2,1-3H3,(H2,19,20). The van der Waals surface area contributed by atoms with Crippen LogP contribution in [0.5, 0.6) is 11.5 Å². The summed E-state index contributed by atoms with van der Waals surface area (Å²) in [6, 6.07) is 13.8. The second-order valence-corrected chi connectivity index (χ2v) is 5.11. The van der Waals surface area contributed by atoms with E-state index in [-0.39, 0.29) is 0 Å². The van der Waals surface area contributed by atoms with Crippen LogP contribution in [-0.2, 0) is 0 Å². The van der Waals surface area contributed by atoms with Crippen molar-refractivity contribution in [3.63, 3.8) is 0 Å². The lowest BCUT2D eigenvalue weighted by Gasteiger charge is -2.13. The Hall–Kier alpha value is -2.29. The topological polar surface area (TPSA) is 47.6 Å². The van der Waals surface area contributed by atoms with Crippen molar-refractivity contribution in [3.8, 4) is 11.5 Å². The van der Waals surface area contributed by atoms with Gasteiger partial charge in [0.1, 0.15) is 17.3 Å². The van der Waals surface area contributed by atoms with E-state index in [9.17, 15) is 0 Å². The number of nitrogens with two attached hydrogens (primary N) is 1. The number of para-hydroxylation sites is 1. The van der Waals surface area contributed by atoms with E-state index in [2.05, 4.69) is 11.9 Å². The smallest absolute Gasteiger partial charge is 0.130 e. The highest BCUT2D eigenvalue weighted by atomic mass is 16.5. The molecule has 3 nitrogen and oxygen atoms in total. The highest BCUT2D eigenvalue weighted by molar-refractivity contribution is 5.99. The minimum absolute atomic E-state index is 0.601. The first-order chi connectivity index (χ1) is 10.1. The van der Waals surface area contributed by atoms with Gasteiger partial charge in [0.2, 0.25) is 0 Å². The van der Waals surface area contributed by atoms with Gasteiger partial charge >= 0.3 is 0 Å². The second kappa shape index (κ2) is 6.93. The fraction of sp³-hybridized carbons (Fsp3) is 0.278. The summed E-state index contributed by atoms with van der Waals surface area (Å²) in [4.78, 5) is 4.38. The first kappa shape index (κ1) is 15.1. The molecule has 2 aromatic rings. The van der Waals surface area contributed by atoms with Crippen LogP contribution in [0.1, 0.15) is 30.0 Å². The Kier molecular flexibility index (Phi) is 4.99. The molecule has 0 unspecified atom stereocenters. The summed E-state index contributed by atoms with van der Waals surface area (Å²) < 4.78 is 5.93. The Labute approximate surface area is 126 Å². The van der Waals surface area contributed by atoms with Crippen molar-refractivity contribution in [3.05, 3.63) is 59.2 Å². The number of benzene rings is 2. The van der Waals surface area contributed by atoms with Gasteiger partial charge in [0, 0.05) is 12.1 Å². The van der Waals surface area contributed by atoms with Crippen LogP contribution in [0.25, 0.3) is 0 Å². The number of nitrogens with zero attached hydrogens (tertiary/aromatic N) is 1. The van der Waals surface area contributed by atoms with E-state index in [0.29, 0.717) is 5.84 Å². The van der Waals surface area contributed by atoms with E-state index in [4.69, 9.17) is 10.5 Å². The summed E-state index contributed by atoms with van der Waals surface area (Å²) in [6.45, 7) is 6.90. The number of hydrogen-bond donors (Lipinski definition) is 1. The van der Waals surface area contributed by atoms with Gasteiger partial charge in [-0.1, -0.05) is 25.1 Å². The van der Waals surface area contributed by atoms with Crippen LogP contribution in [0, 0.1) is 13.8 Å². The van der Waals surface area contributed by atoms with E-state index < -0.39 is 0 Å². The van der Waals surface area contributed by atoms with Gasteiger partial charge in [-0.15, -0.1) is 0 Å². The van der Waals surface area contributed by atoms with Gasteiger partial charge in [-0.05, 0) is 55.7 Å². The van der Waals surface area contributed by atoms with Crippen molar-refractivity contribution in [1.82, 2.24) is 0 Å². The van der Waals surface area contributed by atoms with E-state index >= 15 is 0 Å². The van der Waals surface area contributed by atoms with Crippen LogP contribution in [0.4, 0.5) is 0 Å². The number of amidine groups is 1. The maximum Gasteiger partial charge on any atom is 0.130 e. The van der Waals surface area contributed by atoms with Crippen LogP contribution < -0.4 is 10.5 Å². The third-order valence-electron chi connectivity index (χ3n) is 3.27. The van der Waals surface area contributed by atoms with Gasteiger partial charge in [0.15, 0.2) is 0 Å². The van der Waals surface area contributed by atoms with E-state index in [1.807, 2.05) is 56.3 Å². The fourth-order valence-corrected chi connectivity index (χ4v) is 2.11. The Morgan fingerprint density at radius 1 is 1.10 bits per heavy atom.